The van der Waals surface area contributed by atoms with E-state index in [9.17, 15) is 14.4 Å². The van der Waals surface area contributed by atoms with Gasteiger partial charge in [0.2, 0.25) is 11.8 Å². The lowest BCUT2D eigenvalue weighted by molar-refractivity contribution is -0.140. The smallest absolute Gasteiger partial charge is 0.319 e. The summed E-state index contributed by atoms with van der Waals surface area (Å²) in [6, 6.07) is 3.07. The number of fused-ring (bicyclic) bond motifs is 1. The Morgan fingerprint density at radius 1 is 1.16 bits per heavy atom. The summed E-state index contributed by atoms with van der Waals surface area (Å²) in [5.74, 6) is -0.162. The highest BCUT2D eigenvalue weighted by molar-refractivity contribution is 6.06. The van der Waals surface area contributed by atoms with Crippen LogP contribution >= 0.6 is 0 Å². The van der Waals surface area contributed by atoms with Crippen LogP contribution in [0.1, 0.15) is 12.8 Å². The summed E-state index contributed by atoms with van der Waals surface area (Å²) in [4.78, 5) is 42.4. The highest BCUT2D eigenvalue weighted by atomic mass is 16.2. The van der Waals surface area contributed by atoms with Gasteiger partial charge in [0, 0.05) is 19.3 Å². The zero-order valence-electron chi connectivity index (χ0n) is 13.7. The molecule has 4 aliphatic rings. The summed E-state index contributed by atoms with van der Waals surface area (Å²) in [7, 11) is 0. The van der Waals surface area contributed by atoms with Gasteiger partial charge in [-0.2, -0.15) is 0 Å². The lowest BCUT2D eigenvalue weighted by atomic mass is 9.63. The molecule has 2 N–H and O–H groups in total. The van der Waals surface area contributed by atoms with E-state index in [1.807, 2.05) is 0 Å². The van der Waals surface area contributed by atoms with Crippen molar-refractivity contribution in [1.29, 1.82) is 0 Å². The number of allylic oxidation sites excluding steroid dienone is 2. The van der Waals surface area contributed by atoms with E-state index in [4.69, 9.17) is 0 Å². The number of carbonyl (C=O) groups is 3. The lowest BCUT2D eigenvalue weighted by Gasteiger charge is -2.38. The number of carbonyl (C=O) groups excluding carboxylic acids is 3. The maximum absolute atomic E-state index is 12.6. The molecule has 1 aliphatic heterocycles. The second-order valence-electron chi connectivity index (χ2n) is 6.79. The third kappa shape index (κ3) is 2.79. The summed E-state index contributed by atoms with van der Waals surface area (Å²) < 4.78 is 0. The molecule has 4 atom stereocenters. The summed E-state index contributed by atoms with van der Waals surface area (Å²) in [6.07, 6.45) is 9.34. The van der Waals surface area contributed by atoms with Crippen LogP contribution in [0, 0.1) is 23.7 Å². The van der Waals surface area contributed by atoms with Gasteiger partial charge in [0.25, 0.3) is 0 Å². The fourth-order valence-corrected chi connectivity index (χ4v) is 4.25. The number of hydrogen-bond acceptors (Lipinski definition) is 4. The Bertz CT molecular complexity index is 701. The van der Waals surface area contributed by atoms with Gasteiger partial charge in [-0.1, -0.05) is 12.2 Å². The van der Waals surface area contributed by atoms with E-state index < -0.39 is 0 Å². The molecule has 2 bridgehead atoms. The van der Waals surface area contributed by atoms with Crippen molar-refractivity contribution in [3.05, 3.63) is 36.7 Å². The van der Waals surface area contributed by atoms with Crippen LogP contribution in [0.2, 0.25) is 0 Å². The summed E-state index contributed by atoms with van der Waals surface area (Å²) >= 11 is 0. The van der Waals surface area contributed by atoms with Gasteiger partial charge in [-0.15, -0.1) is 0 Å². The molecule has 2 heterocycles. The number of pyridine rings is 1. The summed E-state index contributed by atoms with van der Waals surface area (Å²) in [5, 5.41) is 5.33. The Labute approximate surface area is 145 Å². The van der Waals surface area contributed by atoms with E-state index >= 15 is 0 Å². The first kappa shape index (κ1) is 15.8. The van der Waals surface area contributed by atoms with Crippen molar-refractivity contribution in [2.24, 2.45) is 23.7 Å². The van der Waals surface area contributed by atoms with Crippen LogP contribution in [-0.4, -0.2) is 40.8 Å². The minimum Gasteiger partial charge on any atom is -0.336 e. The zero-order valence-corrected chi connectivity index (χ0v) is 13.7. The topological polar surface area (TPSA) is 91.4 Å². The van der Waals surface area contributed by atoms with E-state index in [2.05, 4.69) is 27.8 Å². The molecule has 130 valence electrons. The Balaban J connectivity index is 1.32. The normalized spacial score (nSPS) is 29.7. The average molecular weight is 340 g/mol. The second kappa shape index (κ2) is 6.31. The number of urea groups is 1. The second-order valence-corrected chi connectivity index (χ2v) is 6.79. The highest BCUT2D eigenvalue weighted by Gasteiger charge is 2.56. The van der Waals surface area contributed by atoms with Crippen LogP contribution in [0.4, 0.5) is 10.5 Å². The third-order valence-corrected chi connectivity index (χ3v) is 5.39. The number of nitrogens with one attached hydrogen (secondary N) is 2. The van der Waals surface area contributed by atoms with Gasteiger partial charge in [-0.25, -0.2) is 4.79 Å². The zero-order chi connectivity index (χ0) is 17.4. The van der Waals surface area contributed by atoms with Gasteiger partial charge in [0.15, 0.2) is 0 Å². The van der Waals surface area contributed by atoms with Crippen molar-refractivity contribution in [2.75, 3.05) is 18.4 Å². The van der Waals surface area contributed by atoms with Gasteiger partial charge in [0.1, 0.15) is 0 Å². The number of anilines is 1. The maximum Gasteiger partial charge on any atom is 0.319 e. The predicted molar refractivity (Wildman–Crippen MR) is 90.3 cm³/mol. The van der Waals surface area contributed by atoms with Crippen molar-refractivity contribution < 1.29 is 14.4 Å². The molecule has 5 rings (SSSR count). The molecule has 0 radical (unpaired) electrons. The van der Waals surface area contributed by atoms with E-state index in [0.717, 1.165) is 12.8 Å². The molecule has 2 fully saturated rings. The Hall–Kier alpha value is -2.70. The SMILES string of the molecule is O=C(NCCN1C(=O)[C@@H]2[C@@H](C1=O)[C@H]1C=C[C@H]2CC1)Nc1cccnc1. The molecule has 0 unspecified atom stereocenters. The Kier molecular flexibility index (Phi) is 3.99. The number of nitrogens with zero attached hydrogens (tertiary/aromatic N) is 2. The van der Waals surface area contributed by atoms with Crippen LogP contribution < -0.4 is 10.6 Å². The molecule has 0 spiro atoms. The van der Waals surface area contributed by atoms with Crippen molar-refractivity contribution in [1.82, 2.24) is 15.2 Å². The van der Waals surface area contributed by atoms with Gasteiger partial charge in [-0.3, -0.25) is 19.5 Å². The highest BCUT2D eigenvalue weighted by Crippen LogP contribution is 2.49. The first-order valence-electron chi connectivity index (χ1n) is 8.63. The average Bonchev–Trinajstić information content (AvgIpc) is 2.90. The minimum absolute atomic E-state index is 0.0801. The monoisotopic (exact) mass is 340 g/mol. The molecule has 7 heteroatoms. The number of likely N-dealkylation sites (tertiary alicyclic amines) is 1. The van der Waals surface area contributed by atoms with Gasteiger partial charge in [0.05, 0.1) is 23.7 Å². The number of aromatic nitrogens is 1. The van der Waals surface area contributed by atoms with Crippen molar-refractivity contribution in [3.8, 4) is 0 Å². The fourth-order valence-electron chi connectivity index (χ4n) is 4.25. The molecule has 1 aromatic rings. The van der Waals surface area contributed by atoms with Gasteiger partial charge < -0.3 is 10.6 Å². The number of amides is 4. The molecule has 1 saturated heterocycles. The molecule has 4 amide bonds. The first-order chi connectivity index (χ1) is 12.1. The molecular weight excluding hydrogens is 320 g/mol. The van der Waals surface area contributed by atoms with Crippen LogP contribution in [-0.2, 0) is 9.59 Å². The molecule has 0 aromatic carbocycles. The van der Waals surface area contributed by atoms with Crippen LogP contribution in [0.25, 0.3) is 0 Å². The predicted octanol–water partition coefficient (Wildman–Crippen LogP) is 1.40. The van der Waals surface area contributed by atoms with Crippen molar-refractivity contribution >= 4 is 23.5 Å². The van der Waals surface area contributed by atoms with E-state index in [0.29, 0.717) is 5.69 Å². The van der Waals surface area contributed by atoms with Crippen molar-refractivity contribution in [3.63, 3.8) is 0 Å². The van der Waals surface area contributed by atoms with Gasteiger partial charge >= 0.3 is 6.03 Å². The lowest BCUT2D eigenvalue weighted by Crippen LogP contribution is -2.40. The van der Waals surface area contributed by atoms with Crippen LogP contribution in [0.3, 0.4) is 0 Å². The largest absolute Gasteiger partial charge is 0.336 e. The summed E-state index contributed by atoms with van der Waals surface area (Å²) in [5.41, 5.74) is 0.585. The quantitative estimate of drug-likeness (QED) is 0.640. The first-order valence-corrected chi connectivity index (χ1v) is 8.63. The summed E-state index contributed by atoms with van der Waals surface area (Å²) in [6.45, 7) is 0.441. The van der Waals surface area contributed by atoms with E-state index in [1.54, 1.807) is 24.5 Å². The number of hydrogen-bond donors (Lipinski definition) is 2. The molecule has 7 nitrogen and oxygen atoms in total. The molecule has 1 aromatic heterocycles. The molecular formula is C18H20N4O3. The van der Waals surface area contributed by atoms with Crippen LogP contribution in [0.5, 0.6) is 0 Å². The Morgan fingerprint density at radius 2 is 1.84 bits per heavy atom. The number of rotatable bonds is 4. The minimum atomic E-state index is -0.383. The van der Waals surface area contributed by atoms with E-state index in [1.165, 1.54) is 4.90 Å². The van der Waals surface area contributed by atoms with Gasteiger partial charge in [-0.05, 0) is 36.8 Å². The fraction of sp³-hybridized carbons (Fsp3) is 0.444. The molecule has 3 aliphatic carbocycles. The van der Waals surface area contributed by atoms with Crippen molar-refractivity contribution in [2.45, 2.75) is 12.8 Å². The van der Waals surface area contributed by atoms with E-state index in [-0.39, 0.29) is 54.6 Å². The number of imide groups is 1. The third-order valence-electron chi connectivity index (χ3n) is 5.39. The Morgan fingerprint density at radius 3 is 2.40 bits per heavy atom. The maximum atomic E-state index is 12.6. The van der Waals surface area contributed by atoms with Crippen LogP contribution in [0.15, 0.2) is 36.7 Å². The molecule has 1 saturated carbocycles. The molecule has 25 heavy (non-hydrogen) atoms. The standard InChI is InChI=1S/C18H20N4O3/c23-16-14-11-3-4-12(6-5-11)15(14)17(24)22(16)9-8-20-18(25)21-13-2-1-7-19-10-13/h1-4,7,10-12,14-15H,5-6,8-9H2,(H2,20,21,25)/t11-,12-,14-,15-/m0/s1.